The van der Waals surface area contributed by atoms with Crippen LogP contribution in [0, 0.1) is 5.92 Å². The topological polar surface area (TPSA) is 29.5 Å². The Morgan fingerprint density at radius 1 is 1.50 bits per heavy atom. The highest BCUT2D eigenvalue weighted by Gasteiger charge is 2.26. The van der Waals surface area contributed by atoms with Crippen LogP contribution < -0.4 is 4.90 Å². The van der Waals surface area contributed by atoms with E-state index in [1.165, 1.54) is 18.4 Å². The molecule has 0 aliphatic carbocycles. The number of anilines is 1. The van der Waals surface area contributed by atoms with Gasteiger partial charge in [-0.15, -0.1) is 0 Å². The van der Waals surface area contributed by atoms with E-state index in [1.54, 1.807) is 0 Å². The van der Waals surface area contributed by atoms with Crippen molar-refractivity contribution in [3.05, 3.63) is 29.8 Å². The summed E-state index contributed by atoms with van der Waals surface area (Å²) in [6, 6.07) is 8.66. The first-order valence-corrected chi connectivity index (χ1v) is 6.53. The van der Waals surface area contributed by atoms with E-state index in [2.05, 4.69) is 43.0 Å². The number of hydrogen-bond donors (Lipinski definition) is 0. The van der Waals surface area contributed by atoms with E-state index in [0.717, 1.165) is 13.0 Å². The van der Waals surface area contributed by atoms with Crippen LogP contribution >= 0.6 is 0 Å². The number of rotatable bonds is 3. The molecule has 2 unspecified atom stereocenters. The molecule has 18 heavy (non-hydrogen) atoms. The van der Waals surface area contributed by atoms with Gasteiger partial charge in [0, 0.05) is 18.3 Å². The summed E-state index contributed by atoms with van der Waals surface area (Å²) in [5.74, 6) is 0.484. The standard InChI is InChI=1S/C15H21NO2/c1-11-8-13-6-4-5-7-14(13)16(10-11)12(2)9-15(17)18-3/h4-7,11-12H,8-10H2,1-3H3. The number of carbonyl (C=O) groups excluding carboxylic acids is 1. The van der Waals surface area contributed by atoms with Gasteiger partial charge in [-0.3, -0.25) is 4.79 Å². The highest BCUT2D eigenvalue weighted by molar-refractivity contribution is 5.71. The van der Waals surface area contributed by atoms with Crippen LogP contribution in [0.4, 0.5) is 5.69 Å². The Morgan fingerprint density at radius 2 is 2.22 bits per heavy atom. The number of methoxy groups -OCH3 is 1. The zero-order valence-electron chi connectivity index (χ0n) is 11.3. The first-order chi connectivity index (χ1) is 8.61. The third-order valence-electron chi connectivity index (χ3n) is 3.60. The van der Waals surface area contributed by atoms with Crippen LogP contribution in [0.25, 0.3) is 0 Å². The molecule has 1 heterocycles. The summed E-state index contributed by atoms with van der Waals surface area (Å²) >= 11 is 0. The van der Waals surface area contributed by atoms with Crippen molar-refractivity contribution in [2.24, 2.45) is 5.92 Å². The van der Waals surface area contributed by atoms with Gasteiger partial charge in [-0.2, -0.15) is 0 Å². The van der Waals surface area contributed by atoms with Gasteiger partial charge >= 0.3 is 5.97 Å². The van der Waals surface area contributed by atoms with Crippen molar-refractivity contribution in [2.75, 3.05) is 18.6 Å². The highest BCUT2D eigenvalue weighted by atomic mass is 16.5. The van der Waals surface area contributed by atoms with E-state index >= 15 is 0 Å². The molecule has 0 bridgehead atoms. The van der Waals surface area contributed by atoms with Crippen molar-refractivity contribution in [1.82, 2.24) is 0 Å². The summed E-state index contributed by atoms with van der Waals surface area (Å²) < 4.78 is 4.76. The average Bonchev–Trinajstić information content (AvgIpc) is 2.37. The molecule has 2 atom stereocenters. The molecule has 2 rings (SSSR count). The van der Waals surface area contributed by atoms with Crippen molar-refractivity contribution >= 4 is 11.7 Å². The molecule has 0 fully saturated rings. The Bertz CT molecular complexity index is 430. The second-order valence-corrected chi connectivity index (χ2v) is 5.22. The van der Waals surface area contributed by atoms with Gasteiger partial charge in [-0.25, -0.2) is 0 Å². The minimum atomic E-state index is -0.141. The minimum Gasteiger partial charge on any atom is -0.469 e. The summed E-state index contributed by atoms with van der Waals surface area (Å²) in [7, 11) is 1.45. The van der Waals surface area contributed by atoms with E-state index < -0.39 is 0 Å². The van der Waals surface area contributed by atoms with Gasteiger partial charge in [-0.1, -0.05) is 25.1 Å². The fourth-order valence-electron chi connectivity index (χ4n) is 2.69. The van der Waals surface area contributed by atoms with Gasteiger partial charge in [-0.05, 0) is 30.9 Å². The van der Waals surface area contributed by atoms with Crippen molar-refractivity contribution in [1.29, 1.82) is 0 Å². The molecule has 1 aromatic carbocycles. The highest BCUT2D eigenvalue weighted by Crippen LogP contribution is 2.31. The van der Waals surface area contributed by atoms with Gasteiger partial charge < -0.3 is 9.64 Å². The molecular formula is C15H21NO2. The summed E-state index contributed by atoms with van der Waals surface area (Å²) in [6.07, 6.45) is 1.56. The molecule has 3 heteroatoms. The first-order valence-electron chi connectivity index (χ1n) is 6.53. The third-order valence-corrected chi connectivity index (χ3v) is 3.60. The summed E-state index contributed by atoms with van der Waals surface area (Å²) in [5.41, 5.74) is 2.65. The maximum absolute atomic E-state index is 11.4. The van der Waals surface area contributed by atoms with Crippen molar-refractivity contribution in [3.8, 4) is 0 Å². The van der Waals surface area contributed by atoms with Crippen molar-refractivity contribution < 1.29 is 9.53 Å². The molecule has 0 saturated carbocycles. The number of benzene rings is 1. The number of esters is 1. The Labute approximate surface area is 109 Å². The Balaban J connectivity index is 2.20. The van der Waals surface area contributed by atoms with E-state index in [1.807, 2.05) is 0 Å². The van der Waals surface area contributed by atoms with Crippen LogP contribution in [0.1, 0.15) is 25.8 Å². The number of ether oxygens (including phenoxy) is 1. The fourth-order valence-corrected chi connectivity index (χ4v) is 2.69. The fraction of sp³-hybridized carbons (Fsp3) is 0.533. The minimum absolute atomic E-state index is 0.141. The van der Waals surface area contributed by atoms with Gasteiger partial charge in [0.15, 0.2) is 0 Å². The largest absolute Gasteiger partial charge is 0.469 e. The van der Waals surface area contributed by atoms with Crippen LogP contribution in [0.3, 0.4) is 0 Å². The Hall–Kier alpha value is -1.51. The molecule has 0 saturated heterocycles. The first kappa shape index (κ1) is 12.9. The lowest BCUT2D eigenvalue weighted by Crippen LogP contribution is -2.41. The third kappa shape index (κ3) is 2.66. The maximum atomic E-state index is 11.4. The van der Waals surface area contributed by atoms with E-state index in [9.17, 15) is 4.79 Å². The summed E-state index contributed by atoms with van der Waals surface area (Å²) in [6.45, 7) is 5.36. The van der Waals surface area contributed by atoms with Crippen LogP contribution in [-0.2, 0) is 16.0 Å². The monoisotopic (exact) mass is 247 g/mol. The smallest absolute Gasteiger partial charge is 0.307 e. The zero-order valence-corrected chi connectivity index (χ0v) is 11.3. The van der Waals surface area contributed by atoms with Crippen LogP contribution in [0.15, 0.2) is 24.3 Å². The molecule has 1 aliphatic rings. The number of para-hydroxylation sites is 1. The maximum Gasteiger partial charge on any atom is 0.307 e. The van der Waals surface area contributed by atoms with E-state index in [4.69, 9.17) is 4.74 Å². The molecule has 3 nitrogen and oxygen atoms in total. The van der Waals surface area contributed by atoms with Crippen molar-refractivity contribution in [3.63, 3.8) is 0 Å². The molecule has 0 spiro atoms. The molecule has 0 aromatic heterocycles. The lowest BCUT2D eigenvalue weighted by molar-refractivity contribution is -0.140. The number of fused-ring (bicyclic) bond motifs is 1. The predicted molar refractivity (Wildman–Crippen MR) is 72.8 cm³/mol. The molecule has 0 amide bonds. The predicted octanol–water partition coefficient (Wildman–Crippen LogP) is 2.64. The SMILES string of the molecule is COC(=O)CC(C)N1CC(C)Cc2ccccc21. The van der Waals surface area contributed by atoms with E-state index in [-0.39, 0.29) is 12.0 Å². The molecule has 98 valence electrons. The van der Waals surface area contributed by atoms with Gasteiger partial charge in [0.25, 0.3) is 0 Å². The summed E-state index contributed by atoms with van der Waals surface area (Å²) in [4.78, 5) is 13.7. The normalized spacial score (nSPS) is 20.2. The quantitative estimate of drug-likeness (QED) is 0.769. The second-order valence-electron chi connectivity index (χ2n) is 5.22. The molecule has 1 aromatic rings. The second kappa shape index (κ2) is 5.42. The van der Waals surface area contributed by atoms with Crippen LogP contribution in [-0.4, -0.2) is 25.7 Å². The molecule has 1 aliphatic heterocycles. The van der Waals surface area contributed by atoms with E-state index in [0.29, 0.717) is 12.3 Å². The lowest BCUT2D eigenvalue weighted by Gasteiger charge is -2.38. The summed E-state index contributed by atoms with van der Waals surface area (Å²) in [5, 5.41) is 0. The van der Waals surface area contributed by atoms with Crippen LogP contribution in [0.2, 0.25) is 0 Å². The van der Waals surface area contributed by atoms with Crippen molar-refractivity contribution in [2.45, 2.75) is 32.7 Å². The zero-order chi connectivity index (χ0) is 13.1. The number of hydrogen-bond acceptors (Lipinski definition) is 3. The Kier molecular flexibility index (Phi) is 3.90. The number of nitrogens with zero attached hydrogens (tertiary/aromatic N) is 1. The van der Waals surface area contributed by atoms with Gasteiger partial charge in [0.2, 0.25) is 0 Å². The molecular weight excluding hydrogens is 226 g/mol. The average molecular weight is 247 g/mol. The van der Waals surface area contributed by atoms with Gasteiger partial charge in [0.05, 0.1) is 13.5 Å². The number of carbonyl (C=O) groups is 1. The Morgan fingerprint density at radius 3 is 2.94 bits per heavy atom. The van der Waals surface area contributed by atoms with Gasteiger partial charge in [0.1, 0.15) is 0 Å². The lowest BCUT2D eigenvalue weighted by atomic mass is 9.92. The molecule has 0 N–H and O–H groups in total. The van der Waals surface area contributed by atoms with Crippen LogP contribution in [0.5, 0.6) is 0 Å². The molecule has 0 radical (unpaired) electrons.